The van der Waals surface area contributed by atoms with Crippen molar-refractivity contribution in [1.82, 2.24) is 4.98 Å². The van der Waals surface area contributed by atoms with Gasteiger partial charge in [-0.2, -0.15) is 0 Å². The van der Waals surface area contributed by atoms with E-state index in [1.807, 2.05) is 12.1 Å². The van der Waals surface area contributed by atoms with Crippen molar-refractivity contribution in [1.29, 1.82) is 0 Å². The second-order valence-electron chi connectivity index (χ2n) is 9.66. The third-order valence-electron chi connectivity index (χ3n) is 6.03. The second-order valence-corrected chi connectivity index (χ2v) is 9.66. The van der Waals surface area contributed by atoms with Crippen molar-refractivity contribution in [2.75, 3.05) is 0 Å². The highest BCUT2D eigenvalue weighted by molar-refractivity contribution is 5.55. The molecule has 1 aromatic heterocycles. The van der Waals surface area contributed by atoms with Gasteiger partial charge in [0, 0.05) is 30.7 Å². The van der Waals surface area contributed by atoms with Crippen LogP contribution in [0.1, 0.15) is 78.2 Å². The average molecular weight is 520 g/mol. The molecule has 0 N–H and O–H groups in total. The Bertz CT molecular complexity index is 935. The molecule has 0 bridgehead atoms. The Kier molecular flexibility index (Phi) is 21.8. The van der Waals surface area contributed by atoms with Crippen LogP contribution in [0.4, 0.5) is 0 Å². The number of hydrogen-bond acceptors (Lipinski definition) is 5. The van der Waals surface area contributed by atoms with Gasteiger partial charge in [-0.05, 0) is 68.9 Å². The predicted molar refractivity (Wildman–Crippen MR) is 155 cm³/mol. The molecule has 0 saturated heterocycles. The highest BCUT2D eigenvalue weighted by atomic mass is 16.1. The summed E-state index contributed by atoms with van der Waals surface area (Å²) < 4.78 is 0. The van der Waals surface area contributed by atoms with Crippen LogP contribution in [0.3, 0.4) is 0 Å². The molecule has 0 saturated carbocycles. The van der Waals surface area contributed by atoms with Crippen LogP contribution < -0.4 is 0 Å². The Morgan fingerprint density at radius 2 is 1.79 bits per heavy atom. The van der Waals surface area contributed by atoms with Gasteiger partial charge in [0.25, 0.3) is 0 Å². The smallest absolute Gasteiger partial charge is 0.131 e. The molecule has 2 aliphatic rings. The molecule has 0 radical (unpaired) electrons. The zero-order valence-corrected chi connectivity index (χ0v) is 23.6. The Balaban J connectivity index is 0.000000503. The number of hydrogen-bond donors (Lipinski definition) is 0. The summed E-state index contributed by atoms with van der Waals surface area (Å²) in [5.74, 6) is 6.94. The van der Waals surface area contributed by atoms with Crippen LogP contribution in [0.5, 0.6) is 0 Å². The number of carbonyl (C=O) groups excluding carboxylic acids is 4. The highest BCUT2D eigenvalue weighted by Crippen LogP contribution is 2.24. The summed E-state index contributed by atoms with van der Waals surface area (Å²) in [6.07, 6.45) is 25.2. The fraction of sp³-hybridized carbons (Fsp3) is 0.485. The number of nitrogens with zero attached hydrogens (tertiary/aromatic N) is 1. The van der Waals surface area contributed by atoms with Crippen molar-refractivity contribution in [3.8, 4) is 11.8 Å². The van der Waals surface area contributed by atoms with Crippen molar-refractivity contribution in [2.45, 2.75) is 79.1 Å². The van der Waals surface area contributed by atoms with Gasteiger partial charge in [-0.1, -0.05) is 68.7 Å². The summed E-state index contributed by atoms with van der Waals surface area (Å²) in [4.78, 5) is 44.1. The van der Waals surface area contributed by atoms with E-state index in [-0.39, 0.29) is 11.8 Å². The number of pyridine rings is 1. The first-order chi connectivity index (χ1) is 18.4. The lowest BCUT2D eigenvalue weighted by Gasteiger charge is -2.18. The zero-order chi connectivity index (χ0) is 28.4. The fourth-order valence-electron chi connectivity index (χ4n) is 3.63. The lowest BCUT2D eigenvalue weighted by Crippen LogP contribution is -2.14. The summed E-state index contributed by atoms with van der Waals surface area (Å²) in [5, 5.41) is 0. The van der Waals surface area contributed by atoms with Crippen LogP contribution in [-0.2, 0) is 25.6 Å². The molecule has 2 aliphatic carbocycles. The normalized spacial score (nSPS) is 19.5. The van der Waals surface area contributed by atoms with Gasteiger partial charge < -0.3 is 19.2 Å². The Hall–Kier alpha value is -3.39. The number of rotatable bonds is 8. The van der Waals surface area contributed by atoms with Gasteiger partial charge in [0.15, 0.2) is 0 Å². The zero-order valence-electron chi connectivity index (χ0n) is 23.6. The molecule has 3 atom stereocenters. The maximum atomic E-state index is 10.5. The molecule has 38 heavy (non-hydrogen) atoms. The third-order valence-corrected chi connectivity index (χ3v) is 6.03. The topological polar surface area (TPSA) is 81.2 Å². The van der Waals surface area contributed by atoms with E-state index in [0.29, 0.717) is 24.7 Å². The molecule has 0 amide bonds. The first-order valence-electron chi connectivity index (χ1n) is 13.5. The molecule has 0 aliphatic heterocycles. The number of aromatic nitrogens is 1. The highest BCUT2D eigenvalue weighted by Gasteiger charge is 2.16. The van der Waals surface area contributed by atoms with Crippen molar-refractivity contribution >= 4 is 25.1 Å². The van der Waals surface area contributed by atoms with Gasteiger partial charge in [0.1, 0.15) is 25.1 Å². The predicted octanol–water partition coefficient (Wildman–Crippen LogP) is 6.72. The molecule has 5 nitrogen and oxygen atoms in total. The van der Waals surface area contributed by atoms with E-state index in [9.17, 15) is 19.2 Å². The standard InChI is InChI=1S/C13H20O.C8H12O.C7H7NO.C5H6O/c1-11(2)4-3-5-12-6-8-13(10-14)9-7-12;1-7-4-2-3-5-8(7)6-9;9-5-3-7-2-1-4-8-6-7;1-2-3-4-5-6/h3-4,6,10-11,13H,5,7-9H2,1-2H3;2-3,6-8H,4-5H2,1H3;1-2,4-6H,3H2;5H,4H2,1H3. The lowest BCUT2D eigenvalue weighted by atomic mass is 9.86. The molecule has 3 rings (SSSR count). The van der Waals surface area contributed by atoms with Crippen molar-refractivity contribution < 1.29 is 19.2 Å². The van der Waals surface area contributed by atoms with Crippen LogP contribution in [0.2, 0.25) is 0 Å². The first-order valence-corrected chi connectivity index (χ1v) is 13.5. The lowest BCUT2D eigenvalue weighted by molar-refractivity contribution is -0.112. The van der Waals surface area contributed by atoms with Gasteiger partial charge in [-0.25, -0.2) is 0 Å². The van der Waals surface area contributed by atoms with Crippen molar-refractivity contribution in [2.24, 2.45) is 23.7 Å². The molecule has 3 unspecified atom stereocenters. The van der Waals surface area contributed by atoms with Gasteiger partial charge >= 0.3 is 0 Å². The van der Waals surface area contributed by atoms with E-state index < -0.39 is 0 Å². The molecule has 5 heteroatoms. The summed E-state index contributed by atoms with van der Waals surface area (Å²) in [7, 11) is 0. The molecule has 206 valence electrons. The molecule has 0 fully saturated rings. The minimum atomic E-state index is 0.285. The number of allylic oxidation sites excluding steroid dienone is 6. The quantitative estimate of drug-likeness (QED) is 0.216. The molecule has 1 aromatic rings. The second kappa shape index (κ2) is 24.0. The minimum absolute atomic E-state index is 0.285. The first kappa shape index (κ1) is 34.6. The third kappa shape index (κ3) is 18.8. The minimum Gasteiger partial charge on any atom is -0.303 e. The van der Waals surface area contributed by atoms with Gasteiger partial charge in [-0.3, -0.25) is 4.98 Å². The number of aldehydes is 4. The summed E-state index contributed by atoms with van der Waals surface area (Å²) in [5.41, 5.74) is 2.47. The maximum Gasteiger partial charge on any atom is 0.131 e. The van der Waals surface area contributed by atoms with Crippen LogP contribution in [0.15, 0.2) is 60.5 Å². The van der Waals surface area contributed by atoms with Gasteiger partial charge in [-0.15, -0.1) is 5.92 Å². The summed E-state index contributed by atoms with van der Waals surface area (Å²) >= 11 is 0. The van der Waals surface area contributed by atoms with Gasteiger partial charge in [0.2, 0.25) is 0 Å². The average Bonchev–Trinajstić information content (AvgIpc) is 2.94. The van der Waals surface area contributed by atoms with E-state index in [0.717, 1.165) is 69.2 Å². The largest absolute Gasteiger partial charge is 0.303 e. The van der Waals surface area contributed by atoms with Crippen LogP contribution in [0.25, 0.3) is 0 Å². The SMILES string of the molecule is CC#CCC=O.CC(C)C=CCC1=CCC(C=O)CC1.CC1CC=CCC1C=O.O=CCc1cccnc1. The van der Waals surface area contributed by atoms with Crippen molar-refractivity contribution in [3.05, 3.63) is 66.0 Å². The van der Waals surface area contributed by atoms with Crippen molar-refractivity contribution in [3.63, 3.8) is 0 Å². The van der Waals surface area contributed by atoms with E-state index in [4.69, 9.17) is 0 Å². The Morgan fingerprint density at radius 1 is 1.03 bits per heavy atom. The van der Waals surface area contributed by atoms with Crippen LogP contribution in [0, 0.1) is 35.5 Å². The number of carbonyl (C=O) groups is 4. The maximum absolute atomic E-state index is 10.5. The van der Waals surface area contributed by atoms with Crippen LogP contribution >= 0.6 is 0 Å². The fourth-order valence-corrected chi connectivity index (χ4v) is 3.63. The summed E-state index contributed by atoms with van der Waals surface area (Å²) in [6, 6.07) is 3.69. The Morgan fingerprint density at radius 3 is 2.24 bits per heavy atom. The molecule has 0 aromatic carbocycles. The van der Waals surface area contributed by atoms with E-state index >= 15 is 0 Å². The molecule has 1 heterocycles. The van der Waals surface area contributed by atoms with E-state index in [2.05, 4.69) is 68.0 Å². The molecular formula is C33H45NO4. The van der Waals surface area contributed by atoms with E-state index in [1.165, 1.54) is 5.57 Å². The summed E-state index contributed by atoms with van der Waals surface area (Å²) in [6.45, 7) is 8.22. The van der Waals surface area contributed by atoms with E-state index in [1.54, 1.807) is 19.3 Å². The van der Waals surface area contributed by atoms with Gasteiger partial charge in [0.05, 0.1) is 6.42 Å². The van der Waals surface area contributed by atoms with Crippen LogP contribution in [-0.4, -0.2) is 30.1 Å². The monoisotopic (exact) mass is 519 g/mol. The molecule has 0 spiro atoms. The Labute approximate surface area is 229 Å². The molecular weight excluding hydrogens is 474 g/mol.